The molecule has 106 valence electrons. The Bertz CT molecular complexity index is 364. The van der Waals surface area contributed by atoms with E-state index in [9.17, 15) is 4.79 Å². The molecule has 1 atom stereocenters. The summed E-state index contributed by atoms with van der Waals surface area (Å²) in [5.41, 5.74) is 0.815. The molecule has 0 heterocycles. The Balaban J connectivity index is 2.34. The van der Waals surface area contributed by atoms with Gasteiger partial charge in [0.1, 0.15) is 0 Å². The van der Waals surface area contributed by atoms with Crippen molar-refractivity contribution < 1.29 is 9.53 Å². The summed E-state index contributed by atoms with van der Waals surface area (Å²) >= 11 is 0. The van der Waals surface area contributed by atoms with Crippen LogP contribution in [0.15, 0.2) is 30.3 Å². The minimum absolute atomic E-state index is 0.232. The molecule has 19 heavy (non-hydrogen) atoms. The van der Waals surface area contributed by atoms with Gasteiger partial charge >= 0.3 is 0 Å². The van der Waals surface area contributed by atoms with Crippen molar-refractivity contribution in [3.63, 3.8) is 0 Å². The fourth-order valence-corrected chi connectivity index (χ4v) is 2.25. The summed E-state index contributed by atoms with van der Waals surface area (Å²) in [5, 5.41) is 0. The molecular formula is C16H25NO2. The van der Waals surface area contributed by atoms with Crippen molar-refractivity contribution in [3.05, 3.63) is 35.9 Å². The zero-order valence-corrected chi connectivity index (χ0v) is 12.3. The van der Waals surface area contributed by atoms with Crippen LogP contribution in [0.3, 0.4) is 0 Å². The largest absolute Gasteiger partial charge is 0.383 e. The first-order chi connectivity index (χ1) is 9.19. The zero-order valence-electron chi connectivity index (χ0n) is 12.3. The number of benzene rings is 1. The van der Waals surface area contributed by atoms with Crippen molar-refractivity contribution in [1.29, 1.82) is 0 Å². The standard InChI is InChI=1S/C16H25NO2/c1-4-17(14(2)13-19-3)12-8-11-16(18)15-9-6-5-7-10-15/h5-7,9-10,14H,4,8,11-13H2,1-3H3. The first-order valence-corrected chi connectivity index (χ1v) is 7.00. The number of likely N-dealkylation sites (N-methyl/N-ethyl adjacent to an activating group) is 1. The molecule has 1 aromatic carbocycles. The molecule has 0 saturated heterocycles. The van der Waals surface area contributed by atoms with Crippen LogP contribution in [0, 0.1) is 0 Å². The van der Waals surface area contributed by atoms with Gasteiger partial charge < -0.3 is 4.74 Å². The number of Topliss-reactive ketones (excluding diaryl/α,β-unsaturated/α-hetero) is 1. The Morgan fingerprint density at radius 3 is 2.58 bits per heavy atom. The molecule has 3 nitrogen and oxygen atoms in total. The van der Waals surface area contributed by atoms with Crippen LogP contribution >= 0.6 is 0 Å². The van der Waals surface area contributed by atoms with Crippen LogP contribution in [0.2, 0.25) is 0 Å². The molecular weight excluding hydrogens is 238 g/mol. The molecule has 0 aliphatic carbocycles. The first-order valence-electron chi connectivity index (χ1n) is 7.00. The molecule has 3 heteroatoms. The van der Waals surface area contributed by atoms with E-state index in [0.29, 0.717) is 12.5 Å². The van der Waals surface area contributed by atoms with Crippen LogP contribution in [0.25, 0.3) is 0 Å². The van der Waals surface area contributed by atoms with E-state index in [0.717, 1.165) is 31.7 Å². The molecule has 0 radical (unpaired) electrons. The maximum Gasteiger partial charge on any atom is 0.162 e. The molecule has 1 rings (SSSR count). The number of ether oxygens (including phenoxy) is 1. The van der Waals surface area contributed by atoms with Crippen molar-refractivity contribution in [2.75, 3.05) is 26.8 Å². The summed E-state index contributed by atoms with van der Waals surface area (Å²) in [6, 6.07) is 9.92. The average molecular weight is 263 g/mol. The van der Waals surface area contributed by atoms with Gasteiger partial charge in [-0.3, -0.25) is 9.69 Å². The molecule has 1 aromatic rings. The molecule has 0 spiro atoms. The second-order valence-electron chi connectivity index (χ2n) is 4.83. The van der Waals surface area contributed by atoms with Crippen molar-refractivity contribution in [3.8, 4) is 0 Å². The summed E-state index contributed by atoms with van der Waals surface area (Å²) in [6.45, 7) is 6.97. The summed E-state index contributed by atoms with van der Waals surface area (Å²) in [5.74, 6) is 0.232. The highest BCUT2D eigenvalue weighted by Gasteiger charge is 2.12. The molecule has 0 bridgehead atoms. The number of ketones is 1. The second kappa shape index (κ2) is 8.83. The average Bonchev–Trinajstić information content (AvgIpc) is 2.44. The van der Waals surface area contributed by atoms with Crippen LogP contribution in [-0.4, -0.2) is 43.5 Å². The van der Waals surface area contributed by atoms with Gasteiger partial charge in [0, 0.05) is 25.1 Å². The molecule has 1 unspecified atom stereocenters. The number of nitrogens with zero attached hydrogens (tertiary/aromatic N) is 1. The number of rotatable bonds is 9. The topological polar surface area (TPSA) is 29.5 Å². The van der Waals surface area contributed by atoms with Crippen LogP contribution in [0.1, 0.15) is 37.0 Å². The summed E-state index contributed by atoms with van der Waals surface area (Å²) in [6.07, 6.45) is 1.51. The Labute approximate surface area is 116 Å². The molecule has 0 N–H and O–H groups in total. The maximum atomic E-state index is 12.0. The van der Waals surface area contributed by atoms with Crippen LogP contribution in [0.4, 0.5) is 0 Å². The van der Waals surface area contributed by atoms with Crippen molar-refractivity contribution in [1.82, 2.24) is 4.90 Å². The number of hydrogen-bond donors (Lipinski definition) is 0. The Hall–Kier alpha value is -1.19. The highest BCUT2D eigenvalue weighted by molar-refractivity contribution is 5.95. The normalized spacial score (nSPS) is 12.6. The van der Waals surface area contributed by atoms with Gasteiger partial charge in [-0.1, -0.05) is 37.3 Å². The predicted octanol–water partition coefficient (Wildman–Crippen LogP) is 3.01. The van der Waals surface area contributed by atoms with Gasteiger partial charge in [-0.05, 0) is 26.4 Å². The number of carbonyl (C=O) groups is 1. The maximum absolute atomic E-state index is 12.0. The van der Waals surface area contributed by atoms with E-state index < -0.39 is 0 Å². The third-order valence-electron chi connectivity index (χ3n) is 3.38. The van der Waals surface area contributed by atoms with Crippen LogP contribution in [0.5, 0.6) is 0 Å². The third-order valence-corrected chi connectivity index (χ3v) is 3.38. The fourth-order valence-electron chi connectivity index (χ4n) is 2.25. The van der Waals surface area contributed by atoms with E-state index in [4.69, 9.17) is 4.74 Å². The zero-order chi connectivity index (χ0) is 14.1. The lowest BCUT2D eigenvalue weighted by Crippen LogP contribution is -2.36. The quantitative estimate of drug-likeness (QED) is 0.641. The van der Waals surface area contributed by atoms with Gasteiger partial charge in [-0.2, -0.15) is 0 Å². The van der Waals surface area contributed by atoms with E-state index in [1.807, 2.05) is 30.3 Å². The number of methoxy groups -OCH3 is 1. The van der Waals surface area contributed by atoms with Gasteiger partial charge in [-0.25, -0.2) is 0 Å². The van der Waals surface area contributed by atoms with Gasteiger partial charge in [0.05, 0.1) is 6.61 Å². The van der Waals surface area contributed by atoms with Crippen LogP contribution < -0.4 is 0 Å². The number of carbonyl (C=O) groups excluding carboxylic acids is 1. The van der Waals surface area contributed by atoms with Crippen molar-refractivity contribution >= 4 is 5.78 Å². The Morgan fingerprint density at radius 1 is 1.32 bits per heavy atom. The van der Waals surface area contributed by atoms with E-state index >= 15 is 0 Å². The molecule has 0 aromatic heterocycles. The SMILES string of the molecule is CCN(CCCC(=O)c1ccccc1)C(C)COC. The second-order valence-corrected chi connectivity index (χ2v) is 4.83. The minimum atomic E-state index is 0.232. The van der Waals surface area contributed by atoms with E-state index in [2.05, 4.69) is 18.7 Å². The smallest absolute Gasteiger partial charge is 0.162 e. The molecule has 0 aliphatic rings. The lowest BCUT2D eigenvalue weighted by atomic mass is 10.1. The van der Waals surface area contributed by atoms with E-state index in [-0.39, 0.29) is 5.78 Å². The monoisotopic (exact) mass is 263 g/mol. The van der Waals surface area contributed by atoms with Gasteiger partial charge in [-0.15, -0.1) is 0 Å². The van der Waals surface area contributed by atoms with Gasteiger partial charge in [0.25, 0.3) is 0 Å². The Kier molecular flexibility index (Phi) is 7.38. The van der Waals surface area contributed by atoms with Crippen LogP contribution in [-0.2, 0) is 4.74 Å². The summed E-state index contributed by atoms with van der Waals surface area (Å²) in [4.78, 5) is 14.3. The highest BCUT2D eigenvalue weighted by atomic mass is 16.5. The lowest BCUT2D eigenvalue weighted by molar-refractivity contribution is 0.0925. The molecule has 0 amide bonds. The van der Waals surface area contributed by atoms with Crippen molar-refractivity contribution in [2.24, 2.45) is 0 Å². The minimum Gasteiger partial charge on any atom is -0.383 e. The molecule has 0 fully saturated rings. The van der Waals surface area contributed by atoms with Gasteiger partial charge in [0.15, 0.2) is 5.78 Å². The van der Waals surface area contributed by atoms with E-state index in [1.165, 1.54) is 0 Å². The summed E-state index contributed by atoms with van der Waals surface area (Å²) in [7, 11) is 1.73. The third kappa shape index (κ3) is 5.53. The Morgan fingerprint density at radius 2 is 2.00 bits per heavy atom. The van der Waals surface area contributed by atoms with Gasteiger partial charge in [0.2, 0.25) is 0 Å². The lowest BCUT2D eigenvalue weighted by Gasteiger charge is -2.27. The fraction of sp³-hybridized carbons (Fsp3) is 0.562. The highest BCUT2D eigenvalue weighted by Crippen LogP contribution is 2.07. The first kappa shape index (κ1) is 15.9. The number of hydrogen-bond acceptors (Lipinski definition) is 3. The summed E-state index contributed by atoms with van der Waals surface area (Å²) < 4.78 is 5.17. The molecule has 0 saturated carbocycles. The molecule has 0 aliphatic heterocycles. The van der Waals surface area contributed by atoms with E-state index in [1.54, 1.807) is 7.11 Å². The predicted molar refractivity (Wildman–Crippen MR) is 78.6 cm³/mol. The van der Waals surface area contributed by atoms with Crippen molar-refractivity contribution in [2.45, 2.75) is 32.7 Å².